The number of fused-ring (bicyclic) bond motifs is 5. The zero-order valence-corrected chi connectivity index (χ0v) is 42.5. The Morgan fingerprint density at radius 2 is 1.56 bits per heavy atom. The van der Waals surface area contributed by atoms with Crippen LogP contribution in [0.2, 0.25) is 0 Å². The van der Waals surface area contributed by atoms with E-state index in [1.165, 1.54) is 16.3 Å². The van der Waals surface area contributed by atoms with Gasteiger partial charge in [-0.3, -0.25) is 14.4 Å². The van der Waals surface area contributed by atoms with Gasteiger partial charge in [0.25, 0.3) is 11.7 Å². The molecule has 0 aromatic heterocycles. The number of allylic oxidation sites excluding steroid dienone is 6. The topological polar surface area (TPSA) is 207 Å². The number of Topliss-reactive ketones (excluding diaryl/α,β-unsaturated/α-hetero) is 2. The lowest BCUT2D eigenvalue weighted by Gasteiger charge is -2.44. The van der Waals surface area contributed by atoms with Crippen molar-refractivity contribution >= 4 is 33.5 Å². The lowest BCUT2D eigenvalue weighted by Crippen LogP contribution is -2.61. The first-order chi connectivity index (χ1) is 32.2. The first-order valence-corrected chi connectivity index (χ1v) is 26.9. The van der Waals surface area contributed by atoms with Crippen LogP contribution in [0.5, 0.6) is 0 Å². The van der Waals surface area contributed by atoms with Gasteiger partial charge in [0, 0.05) is 45.2 Å². The number of piperidine rings is 1. The number of esters is 1. The Kier molecular flexibility index (Phi) is 18.7. The van der Waals surface area contributed by atoms with E-state index in [0.717, 1.165) is 18.4 Å². The molecule has 5 aliphatic heterocycles. The van der Waals surface area contributed by atoms with Gasteiger partial charge < -0.3 is 39.2 Å². The molecule has 3 N–H and O–H groups in total. The van der Waals surface area contributed by atoms with E-state index in [2.05, 4.69) is 0 Å². The van der Waals surface area contributed by atoms with Crippen LogP contribution in [0, 0.1) is 41.4 Å². The van der Waals surface area contributed by atoms with Crippen molar-refractivity contribution in [1.82, 2.24) is 9.21 Å². The fraction of sp³-hybridized carbons (Fsp3) is 0.769. The van der Waals surface area contributed by atoms with Crippen molar-refractivity contribution in [2.45, 2.75) is 180 Å². The molecule has 5 heterocycles. The first-order valence-electron chi connectivity index (χ1n) is 25.3. The molecule has 16 heteroatoms. The van der Waals surface area contributed by atoms with Crippen molar-refractivity contribution in [2.24, 2.45) is 41.4 Å². The van der Waals surface area contributed by atoms with E-state index in [0.29, 0.717) is 69.9 Å². The number of aliphatic hydroxyl groups excluding tert-OH is 2. The molecule has 68 heavy (non-hydrogen) atoms. The summed E-state index contributed by atoms with van der Waals surface area (Å²) >= 11 is 0. The summed E-state index contributed by atoms with van der Waals surface area (Å²) in [5.41, 5.74) is 1.33. The zero-order valence-electron chi connectivity index (χ0n) is 41.7. The molecule has 4 saturated heterocycles. The van der Waals surface area contributed by atoms with E-state index >= 15 is 0 Å². The van der Waals surface area contributed by atoms with E-state index < -0.39 is 87.9 Å². The van der Waals surface area contributed by atoms with Gasteiger partial charge in [-0.1, -0.05) is 69.7 Å². The van der Waals surface area contributed by atoms with Crippen LogP contribution in [-0.4, -0.2) is 144 Å². The number of sulfonamides is 1. The molecular formula is C52H80N2O13S. The average molecular weight is 973 g/mol. The molecule has 0 aromatic carbocycles. The van der Waals surface area contributed by atoms with Gasteiger partial charge in [-0.25, -0.2) is 13.2 Å². The van der Waals surface area contributed by atoms with Crippen molar-refractivity contribution in [3.05, 3.63) is 47.6 Å². The van der Waals surface area contributed by atoms with Gasteiger partial charge in [-0.15, -0.1) is 0 Å². The summed E-state index contributed by atoms with van der Waals surface area (Å²) in [5.74, 6) is -6.64. The number of hydrogen-bond acceptors (Lipinski definition) is 13. The molecule has 16 atom stereocenters. The van der Waals surface area contributed by atoms with E-state index in [1.807, 2.05) is 64.2 Å². The largest absolute Gasteiger partial charge is 0.461 e. The SMILES string of the molecule is CO[C@@H]1C[C@H](CC2[C@H]3CCN4C(=O)C(=O)[C@]5(O)O[C@@H](CC[C@H]5C)CC(N5CCCS5(=O)=O)C(C)=C/C=C/C=C/[C@@H](C)C[C@@H](C)C(=O)[C@H](OC)[C@H](O)/C(C)=C/[C@@H](C)CC[C@@H]2OC(=O)[C@@H]4C3)CC[C@H]1O. The van der Waals surface area contributed by atoms with Crippen molar-refractivity contribution in [3.8, 4) is 0 Å². The van der Waals surface area contributed by atoms with E-state index in [9.17, 15) is 42.9 Å². The number of carbonyl (C=O) groups excluding carboxylic acids is 4. The molecule has 1 saturated carbocycles. The second kappa shape index (κ2) is 23.4. The minimum atomic E-state index is -3.60. The predicted molar refractivity (Wildman–Crippen MR) is 256 cm³/mol. The molecule has 1 aliphatic carbocycles. The predicted octanol–water partition coefficient (Wildman–Crippen LogP) is 5.61. The van der Waals surface area contributed by atoms with E-state index in [1.54, 1.807) is 21.0 Å². The van der Waals surface area contributed by atoms with Gasteiger partial charge in [0.15, 0.2) is 5.78 Å². The molecule has 6 aliphatic rings. The van der Waals surface area contributed by atoms with Crippen LogP contribution >= 0.6 is 0 Å². The molecule has 6 rings (SSSR count). The van der Waals surface area contributed by atoms with Gasteiger partial charge in [0.1, 0.15) is 24.4 Å². The molecule has 15 nitrogen and oxygen atoms in total. The van der Waals surface area contributed by atoms with Gasteiger partial charge in [-0.2, -0.15) is 4.31 Å². The number of amides is 1. The Labute approximate surface area is 404 Å². The van der Waals surface area contributed by atoms with Gasteiger partial charge in [0.05, 0.1) is 24.1 Å². The highest BCUT2D eigenvalue weighted by Gasteiger charge is 2.55. The van der Waals surface area contributed by atoms with Crippen LogP contribution in [0.4, 0.5) is 0 Å². The van der Waals surface area contributed by atoms with Gasteiger partial charge in [0.2, 0.25) is 15.8 Å². The standard InChI is InChI=1S/C52H80N2O13S/c1-31-13-10-9-11-14-33(3)41(54-22-12-24-68(54,62)63)30-39-18-16-36(6)52(61,67-39)49(58)50(59)53-23-21-38-29-42(53)51(60)66-44(40(38)27-37-17-19-43(55)45(28-37)64-7)20-15-32(2)26-35(5)47(57)48(65-8)46(56)34(4)25-31/h9-11,13-14,26,31-32,34,36-45,47-48,55,57,61H,12,15-25,27-30H2,1-8H3/b11-9+,13-10+,33-14?,35-26+/t31-,32+,34-,36-,37+,38+,39+,40?,41?,42+,43-,44+,45-,47-,48+,52-/m1/s1. The summed E-state index contributed by atoms with van der Waals surface area (Å²) in [5, 5.41) is 34.3. The summed E-state index contributed by atoms with van der Waals surface area (Å²) in [6.07, 6.45) is 13.4. The highest BCUT2D eigenvalue weighted by atomic mass is 32.2. The molecule has 5 fully saturated rings. The molecule has 2 unspecified atom stereocenters. The average Bonchev–Trinajstić information content (AvgIpc) is 3.62. The minimum absolute atomic E-state index is 0.00280. The Morgan fingerprint density at radius 1 is 0.809 bits per heavy atom. The fourth-order valence-electron chi connectivity index (χ4n) is 12.1. The second-order valence-electron chi connectivity index (χ2n) is 21.2. The Morgan fingerprint density at radius 3 is 2.25 bits per heavy atom. The van der Waals surface area contributed by atoms with Gasteiger partial charge in [-0.05, 0) is 132 Å². The Hall–Kier alpha value is -3.09. The maximum absolute atomic E-state index is 14.5. The van der Waals surface area contributed by atoms with E-state index in [4.69, 9.17) is 18.9 Å². The Bertz CT molecular complexity index is 2040. The normalized spacial score (nSPS) is 42.8. The number of ether oxygens (including phenoxy) is 4. The molecule has 5 bridgehead atoms. The lowest BCUT2D eigenvalue weighted by atomic mass is 9.71. The highest BCUT2D eigenvalue weighted by Crippen LogP contribution is 2.44. The summed E-state index contributed by atoms with van der Waals surface area (Å²) < 4.78 is 52.2. The maximum Gasteiger partial charge on any atom is 0.329 e. The molecule has 1 amide bonds. The molecule has 0 radical (unpaired) electrons. The van der Waals surface area contributed by atoms with Crippen LogP contribution < -0.4 is 0 Å². The molecule has 382 valence electrons. The third-order valence-electron chi connectivity index (χ3n) is 16.2. The van der Waals surface area contributed by atoms with Crippen LogP contribution in [0.1, 0.15) is 125 Å². The van der Waals surface area contributed by atoms with Crippen LogP contribution in [0.15, 0.2) is 47.6 Å². The summed E-state index contributed by atoms with van der Waals surface area (Å²) in [6, 6.07) is -1.70. The first kappa shape index (κ1) is 54.2. The highest BCUT2D eigenvalue weighted by molar-refractivity contribution is 7.89. The zero-order chi connectivity index (χ0) is 49.7. The van der Waals surface area contributed by atoms with Crippen molar-refractivity contribution in [3.63, 3.8) is 0 Å². The van der Waals surface area contributed by atoms with Crippen LogP contribution in [0.25, 0.3) is 0 Å². The monoisotopic (exact) mass is 973 g/mol. The molecular weight excluding hydrogens is 893 g/mol. The van der Waals surface area contributed by atoms with E-state index in [-0.39, 0.29) is 66.6 Å². The van der Waals surface area contributed by atoms with Crippen molar-refractivity contribution < 1.29 is 61.9 Å². The van der Waals surface area contributed by atoms with Crippen LogP contribution in [0.3, 0.4) is 0 Å². The summed E-state index contributed by atoms with van der Waals surface area (Å²) in [7, 11) is -0.564. The van der Waals surface area contributed by atoms with Gasteiger partial charge >= 0.3 is 5.97 Å². The third-order valence-corrected chi connectivity index (χ3v) is 18.2. The number of methoxy groups -OCH3 is 2. The number of rotatable bonds is 5. The minimum Gasteiger partial charge on any atom is -0.461 e. The summed E-state index contributed by atoms with van der Waals surface area (Å²) in [6.45, 7) is 11.6. The van der Waals surface area contributed by atoms with Crippen LogP contribution in [-0.2, 0) is 48.1 Å². The number of ketones is 2. The Balaban J connectivity index is 1.33. The number of carbonyl (C=O) groups is 4. The number of aliphatic hydroxyl groups is 3. The maximum atomic E-state index is 14.5. The lowest BCUT2D eigenvalue weighted by molar-refractivity contribution is -0.264. The third kappa shape index (κ3) is 12.5. The fourth-order valence-corrected chi connectivity index (χ4v) is 13.9. The smallest absolute Gasteiger partial charge is 0.329 e. The second-order valence-corrected chi connectivity index (χ2v) is 23.3. The number of nitrogens with zero attached hydrogens (tertiary/aromatic N) is 2. The molecule has 0 spiro atoms. The quantitative estimate of drug-likeness (QED) is 0.174. The van der Waals surface area contributed by atoms with Crippen molar-refractivity contribution in [2.75, 3.05) is 33.1 Å². The van der Waals surface area contributed by atoms with Crippen molar-refractivity contribution in [1.29, 1.82) is 0 Å². The summed E-state index contributed by atoms with van der Waals surface area (Å²) in [4.78, 5) is 58.3. The molecule has 0 aromatic rings. The number of hydrogen-bond donors (Lipinski definition) is 3.